The van der Waals surface area contributed by atoms with Crippen LogP contribution in [0.25, 0.3) is 11.1 Å². The van der Waals surface area contributed by atoms with Crippen molar-refractivity contribution in [2.24, 2.45) is 0 Å². The van der Waals surface area contributed by atoms with Crippen molar-refractivity contribution in [3.63, 3.8) is 0 Å². The van der Waals surface area contributed by atoms with E-state index in [1.807, 2.05) is 0 Å². The molecule has 1 heterocycles. The third-order valence-electron chi connectivity index (χ3n) is 3.74. The quantitative estimate of drug-likeness (QED) is 0.839. The zero-order valence-corrected chi connectivity index (χ0v) is 13.2. The van der Waals surface area contributed by atoms with Crippen molar-refractivity contribution in [1.82, 2.24) is 5.16 Å². The third-order valence-corrected chi connectivity index (χ3v) is 4.63. The van der Waals surface area contributed by atoms with E-state index in [2.05, 4.69) is 5.16 Å². The highest BCUT2D eigenvalue weighted by atomic mass is 32.2. The van der Waals surface area contributed by atoms with Gasteiger partial charge in [0.2, 0.25) is 9.84 Å². The maximum absolute atomic E-state index is 13.0. The highest BCUT2D eigenvalue weighted by molar-refractivity contribution is 8.06. The molecule has 1 fully saturated rings. The molecular formula is C15H12F3NO4S. The molecule has 128 valence electrons. The van der Waals surface area contributed by atoms with Gasteiger partial charge in [-0.25, -0.2) is 8.42 Å². The number of aromatic nitrogens is 1. The van der Waals surface area contributed by atoms with Gasteiger partial charge in [-0.15, -0.1) is 0 Å². The number of rotatable bonds is 3. The number of benzene rings is 1. The van der Waals surface area contributed by atoms with Crippen LogP contribution in [0.5, 0.6) is 0 Å². The van der Waals surface area contributed by atoms with Crippen molar-refractivity contribution in [1.29, 1.82) is 0 Å². The van der Waals surface area contributed by atoms with Crippen LogP contribution in [0.2, 0.25) is 0 Å². The van der Waals surface area contributed by atoms with Crippen molar-refractivity contribution in [3.05, 3.63) is 41.3 Å². The average Bonchev–Trinajstić information content (AvgIpc) is 3.21. The van der Waals surface area contributed by atoms with E-state index < -0.39 is 26.7 Å². The van der Waals surface area contributed by atoms with Crippen LogP contribution in [0.15, 0.2) is 28.9 Å². The van der Waals surface area contributed by atoms with Crippen LogP contribution in [0.1, 0.15) is 40.4 Å². The molecule has 24 heavy (non-hydrogen) atoms. The summed E-state index contributed by atoms with van der Waals surface area (Å²) in [6.07, 6.45) is -1.10. The number of halogens is 3. The van der Waals surface area contributed by atoms with E-state index >= 15 is 0 Å². The zero-order valence-electron chi connectivity index (χ0n) is 12.4. The lowest BCUT2D eigenvalue weighted by Crippen LogP contribution is -2.15. The van der Waals surface area contributed by atoms with Crippen molar-refractivity contribution >= 4 is 15.0 Å². The predicted octanol–water partition coefficient (Wildman–Crippen LogP) is 3.42. The summed E-state index contributed by atoms with van der Waals surface area (Å²) in [7, 11) is -4.11. The molecule has 0 spiro atoms. The summed E-state index contributed by atoms with van der Waals surface area (Å²) >= 11 is 0. The van der Waals surface area contributed by atoms with Crippen molar-refractivity contribution in [2.75, 3.05) is 6.26 Å². The third kappa shape index (κ3) is 3.08. The largest absolute Gasteiger partial charge is 0.416 e. The van der Waals surface area contributed by atoms with E-state index in [9.17, 15) is 26.4 Å². The van der Waals surface area contributed by atoms with Gasteiger partial charge in [-0.3, -0.25) is 4.79 Å². The molecule has 0 bridgehead atoms. The monoisotopic (exact) mass is 359 g/mol. The van der Waals surface area contributed by atoms with Gasteiger partial charge in [-0.1, -0.05) is 5.16 Å². The molecule has 1 aromatic heterocycles. The Hall–Kier alpha value is -2.16. The molecule has 1 aromatic carbocycles. The summed E-state index contributed by atoms with van der Waals surface area (Å²) < 4.78 is 67.2. The Bertz CT molecular complexity index is 911. The Morgan fingerprint density at radius 2 is 1.92 bits per heavy atom. The summed E-state index contributed by atoms with van der Waals surface area (Å²) in [5.41, 5.74) is -1.22. The zero-order chi connectivity index (χ0) is 17.7. The second kappa shape index (κ2) is 5.44. The lowest BCUT2D eigenvalue weighted by atomic mass is 9.97. The Morgan fingerprint density at radius 1 is 1.25 bits per heavy atom. The normalized spacial score (nSPS) is 15.5. The first-order chi connectivity index (χ1) is 11.1. The van der Waals surface area contributed by atoms with Crippen LogP contribution < -0.4 is 0 Å². The van der Waals surface area contributed by atoms with E-state index in [1.54, 1.807) is 0 Å². The molecule has 0 N–H and O–H groups in total. The maximum Gasteiger partial charge on any atom is 0.416 e. The standard InChI is InChI=1S/C15H12F3NO4S/c1-24(21,22)14(20)10-5-4-9(15(16,17)18)6-11(10)12-7-19-23-13(12)8-2-3-8/h4-8H,2-3H2,1H3. The molecule has 0 amide bonds. The molecule has 0 atom stereocenters. The van der Waals surface area contributed by atoms with Gasteiger partial charge in [0.15, 0.2) is 0 Å². The van der Waals surface area contributed by atoms with Crippen LogP contribution in [-0.4, -0.2) is 24.9 Å². The van der Waals surface area contributed by atoms with Gasteiger partial charge in [0.05, 0.1) is 11.8 Å². The smallest absolute Gasteiger partial charge is 0.360 e. The molecular weight excluding hydrogens is 347 g/mol. The minimum absolute atomic E-state index is 0.0261. The fourth-order valence-electron chi connectivity index (χ4n) is 2.41. The number of alkyl halides is 3. The van der Waals surface area contributed by atoms with Crippen molar-refractivity contribution < 1.29 is 30.9 Å². The van der Waals surface area contributed by atoms with Gasteiger partial charge >= 0.3 is 6.18 Å². The van der Waals surface area contributed by atoms with Gasteiger partial charge in [-0.05, 0) is 36.6 Å². The fraction of sp³-hybridized carbons (Fsp3) is 0.333. The fourth-order valence-corrected chi connectivity index (χ4v) is 2.99. The van der Waals surface area contributed by atoms with Gasteiger partial charge in [-0.2, -0.15) is 13.2 Å². The first kappa shape index (κ1) is 16.7. The molecule has 9 heteroatoms. The van der Waals surface area contributed by atoms with Gasteiger partial charge < -0.3 is 4.52 Å². The SMILES string of the molecule is CS(=O)(=O)C(=O)c1ccc(C(F)(F)F)cc1-c1cnoc1C1CC1. The molecule has 2 aromatic rings. The van der Waals surface area contributed by atoms with E-state index in [0.29, 0.717) is 18.1 Å². The number of nitrogens with zero attached hydrogens (tertiary/aromatic N) is 1. The van der Waals surface area contributed by atoms with Crippen molar-refractivity contribution in [3.8, 4) is 11.1 Å². The number of carbonyl (C=O) groups is 1. The summed E-state index contributed by atoms with van der Waals surface area (Å²) in [5, 5.41) is 2.36. The number of hydrogen-bond donors (Lipinski definition) is 0. The number of hydrogen-bond acceptors (Lipinski definition) is 5. The van der Waals surface area contributed by atoms with Crippen LogP contribution in [-0.2, 0) is 16.0 Å². The second-order valence-corrected chi connectivity index (χ2v) is 7.61. The molecule has 1 aliphatic rings. The number of sulfone groups is 1. The minimum atomic E-state index is -4.63. The lowest BCUT2D eigenvalue weighted by Gasteiger charge is -2.12. The van der Waals surface area contributed by atoms with Crippen LogP contribution in [0, 0.1) is 0 Å². The van der Waals surface area contributed by atoms with E-state index in [1.165, 1.54) is 6.20 Å². The maximum atomic E-state index is 13.0. The predicted molar refractivity (Wildman–Crippen MR) is 78.1 cm³/mol. The van der Waals surface area contributed by atoms with Crippen molar-refractivity contribution in [2.45, 2.75) is 24.9 Å². The Labute approximate surface area is 135 Å². The Balaban J connectivity index is 2.23. The highest BCUT2D eigenvalue weighted by Gasteiger charge is 2.36. The molecule has 3 rings (SSSR count). The van der Waals surface area contributed by atoms with E-state index in [0.717, 1.165) is 25.0 Å². The average molecular weight is 359 g/mol. The first-order valence-corrected chi connectivity index (χ1v) is 8.88. The summed E-state index contributed by atoms with van der Waals surface area (Å²) in [4.78, 5) is 12.1. The lowest BCUT2D eigenvalue weighted by molar-refractivity contribution is -0.137. The summed E-state index contributed by atoms with van der Waals surface area (Å²) in [6.45, 7) is 0. The van der Waals surface area contributed by atoms with E-state index in [-0.39, 0.29) is 22.6 Å². The summed E-state index contributed by atoms with van der Waals surface area (Å²) in [6, 6.07) is 2.33. The molecule has 0 aliphatic heterocycles. The topological polar surface area (TPSA) is 77.2 Å². The number of carbonyl (C=O) groups excluding carboxylic acids is 1. The van der Waals surface area contributed by atoms with Crippen LogP contribution in [0.3, 0.4) is 0 Å². The molecule has 0 unspecified atom stereocenters. The Kier molecular flexibility index (Phi) is 3.78. The summed E-state index contributed by atoms with van der Waals surface area (Å²) in [5.74, 6) is 0.398. The first-order valence-electron chi connectivity index (χ1n) is 6.99. The molecule has 5 nitrogen and oxygen atoms in total. The van der Waals surface area contributed by atoms with Crippen LogP contribution in [0.4, 0.5) is 13.2 Å². The minimum Gasteiger partial charge on any atom is -0.360 e. The van der Waals surface area contributed by atoms with Gasteiger partial charge in [0.25, 0.3) is 5.12 Å². The molecule has 1 saturated carbocycles. The highest BCUT2D eigenvalue weighted by Crippen LogP contribution is 2.45. The molecule has 1 aliphatic carbocycles. The van der Waals surface area contributed by atoms with Gasteiger partial charge in [0.1, 0.15) is 5.76 Å². The second-order valence-electron chi connectivity index (χ2n) is 5.70. The van der Waals surface area contributed by atoms with E-state index in [4.69, 9.17) is 4.52 Å². The molecule has 0 radical (unpaired) electrons. The van der Waals surface area contributed by atoms with Crippen LogP contribution >= 0.6 is 0 Å². The van der Waals surface area contributed by atoms with Gasteiger partial charge in [0, 0.05) is 23.3 Å². The Morgan fingerprint density at radius 3 is 2.46 bits per heavy atom. The molecule has 0 saturated heterocycles.